The first-order chi connectivity index (χ1) is 8.56. The second-order valence-corrected chi connectivity index (χ2v) is 3.91. The summed E-state index contributed by atoms with van der Waals surface area (Å²) in [4.78, 5) is 15.6. The van der Waals surface area contributed by atoms with Gasteiger partial charge in [0.1, 0.15) is 16.7 Å². The van der Waals surface area contributed by atoms with Gasteiger partial charge < -0.3 is 15.5 Å². The number of nitrogens with one attached hydrogen (secondary N) is 1. The maximum atomic E-state index is 11.9. The molecule has 0 saturated heterocycles. The molecule has 18 heavy (non-hydrogen) atoms. The van der Waals surface area contributed by atoms with E-state index in [-0.39, 0.29) is 22.2 Å². The van der Waals surface area contributed by atoms with E-state index in [1.807, 2.05) is 0 Å². The van der Waals surface area contributed by atoms with Gasteiger partial charge in [-0.3, -0.25) is 4.79 Å². The van der Waals surface area contributed by atoms with Crippen LogP contribution in [-0.2, 0) is 0 Å². The zero-order chi connectivity index (χ0) is 13.1. The lowest BCUT2D eigenvalue weighted by molar-refractivity contribution is 0.102. The SMILES string of the molecule is O=C(Nc1ccnc(Cl)c1)c1cc(O)ccc1O. The van der Waals surface area contributed by atoms with Crippen molar-refractivity contribution in [1.29, 1.82) is 0 Å². The summed E-state index contributed by atoms with van der Waals surface area (Å²) in [6.45, 7) is 0. The molecule has 0 radical (unpaired) electrons. The molecule has 0 saturated carbocycles. The molecule has 3 N–H and O–H groups in total. The standard InChI is InChI=1S/C12H9ClN2O3/c13-11-5-7(3-4-14-11)15-12(18)9-6-8(16)1-2-10(9)17/h1-6,16-17H,(H,14,15,18). The number of phenols is 2. The highest BCUT2D eigenvalue weighted by Crippen LogP contribution is 2.23. The Balaban J connectivity index is 2.24. The summed E-state index contributed by atoms with van der Waals surface area (Å²) in [5.41, 5.74) is 0.422. The van der Waals surface area contributed by atoms with Crippen molar-refractivity contribution in [3.05, 3.63) is 47.2 Å². The molecule has 0 spiro atoms. The molecule has 5 nitrogen and oxygen atoms in total. The van der Waals surface area contributed by atoms with Gasteiger partial charge in [0.2, 0.25) is 0 Å². The quantitative estimate of drug-likeness (QED) is 0.575. The number of amides is 1. The molecule has 2 rings (SSSR count). The number of carbonyl (C=O) groups excluding carboxylic acids is 1. The minimum Gasteiger partial charge on any atom is -0.508 e. The van der Waals surface area contributed by atoms with Gasteiger partial charge in [-0.25, -0.2) is 4.98 Å². The zero-order valence-corrected chi connectivity index (χ0v) is 9.85. The number of carbonyl (C=O) groups is 1. The molecular weight excluding hydrogens is 256 g/mol. The van der Waals surface area contributed by atoms with E-state index in [1.165, 1.54) is 30.5 Å². The first-order valence-corrected chi connectivity index (χ1v) is 5.39. The fourth-order valence-corrected chi connectivity index (χ4v) is 1.56. The predicted molar refractivity (Wildman–Crippen MR) is 67.0 cm³/mol. The van der Waals surface area contributed by atoms with Gasteiger partial charge in [0.15, 0.2) is 0 Å². The lowest BCUT2D eigenvalue weighted by atomic mass is 10.1. The summed E-state index contributed by atoms with van der Waals surface area (Å²) in [7, 11) is 0. The number of rotatable bonds is 2. The fraction of sp³-hybridized carbons (Fsp3) is 0. The molecule has 1 aromatic heterocycles. The van der Waals surface area contributed by atoms with Crippen LogP contribution in [0.3, 0.4) is 0 Å². The molecule has 0 aliphatic heterocycles. The molecule has 0 aliphatic rings. The third kappa shape index (κ3) is 2.70. The normalized spacial score (nSPS) is 10.1. The number of hydrogen-bond donors (Lipinski definition) is 3. The van der Waals surface area contributed by atoms with Crippen LogP contribution in [0.1, 0.15) is 10.4 Å². The maximum Gasteiger partial charge on any atom is 0.259 e. The van der Waals surface area contributed by atoms with E-state index in [0.29, 0.717) is 5.69 Å². The average Bonchev–Trinajstić information content (AvgIpc) is 2.32. The van der Waals surface area contributed by atoms with Gasteiger partial charge in [-0.2, -0.15) is 0 Å². The van der Waals surface area contributed by atoms with Crippen molar-refractivity contribution >= 4 is 23.2 Å². The summed E-state index contributed by atoms with van der Waals surface area (Å²) in [5.74, 6) is -0.873. The van der Waals surface area contributed by atoms with Crippen molar-refractivity contribution in [2.24, 2.45) is 0 Å². The molecule has 6 heteroatoms. The van der Waals surface area contributed by atoms with Crippen molar-refractivity contribution in [1.82, 2.24) is 4.98 Å². The predicted octanol–water partition coefficient (Wildman–Crippen LogP) is 2.40. The van der Waals surface area contributed by atoms with E-state index in [0.717, 1.165) is 0 Å². The molecular formula is C12H9ClN2O3. The molecule has 1 aromatic carbocycles. The van der Waals surface area contributed by atoms with Crippen molar-refractivity contribution in [2.45, 2.75) is 0 Å². The van der Waals surface area contributed by atoms with Gasteiger partial charge in [0.05, 0.1) is 5.56 Å². The molecule has 1 heterocycles. The Kier molecular flexibility index (Phi) is 3.34. The minimum atomic E-state index is -0.550. The highest BCUT2D eigenvalue weighted by molar-refractivity contribution is 6.29. The Bertz CT molecular complexity index is 602. The summed E-state index contributed by atoms with van der Waals surface area (Å²) < 4.78 is 0. The van der Waals surface area contributed by atoms with Crippen LogP contribution in [-0.4, -0.2) is 21.1 Å². The van der Waals surface area contributed by atoms with E-state index >= 15 is 0 Å². The highest BCUT2D eigenvalue weighted by Gasteiger charge is 2.12. The van der Waals surface area contributed by atoms with Gasteiger partial charge in [-0.15, -0.1) is 0 Å². The Morgan fingerprint density at radius 2 is 2.00 bits per heavy atom. The van der Waals surface area contributed by atoms with Crippen LogP contribution in [0.2, 0.25) is 5.15 Å². The van der Waals surface area contributed by atoms with Crippen LogP contribution in [0.15, 0.2) is 36.5 Å². The average molecular weight is 265 g/mol. The lowest BCUT2D eigenvalue weighted by Crippen LogP contribution is -2.12. The lowest BCUT2D eigenvalue weighted by Gasteiger charge is -2.07. The number of pyridine rings is 1. The topological polar surface area (TPSA) is 82.5 Å². The number of aromatic hydroxyl groups is 2. The first-order valence-electron chi connectivity index (χ1n) is 5.01. The van der Waals surface area contributed by atoms with Gasteiger partial charge in [-0.1, -0.05) is 11.6 Å². The number of aromatic nitrogens is 1. The van der Waals surface area contributed by atoms with Crippen LogP contribution < -0.4 is 5.32 Å². The number of hydrogen-bond acceptors (Lipinski definition) is 4. The molecule has 2 aromatic rings. The summed E-state index contributed by atoms with van der Waals surface area (Å²) in [5, 5.41) is 21.6. The summed E-state index contributed by atoms with van der Waals surface area (Å²) in [6.07, 6.45) is 1.44. The number of nitrogens with zero attached hydrogens (tertiary/aromatic N) is 1. The van der Waals surface area contributed by atoms with Crippen LogP contribution in [0.4, 0.5) is 5.69 Å². The second kappa shape index (κ2) is 4.93. The van der Waals surface area contributed by atoms with Crippen molar-refractivity contribution in [3.8, 4) is 11.5 Å². The Hall–Kier alpha value is -2.27. The number of halogens is 1. The largest absolute Gasteiger partial charge is 0.508 e. The molecule has 1 amide bonds. The van der Waals surface area contributed by atoms with Crippen molar-refractivity contribution < 1.29 is 15.0 Å². The molecule has 0 bridgehead atoms. The maximum absolute atomic E-state index is 11.9. The van der Waals surface area contributed by atoms with E-state index in [2.05, 4.69) is 10.3 Å². The molecule has 0 unspecified atom stereocenters. The Morgan fingerprint density at radius 3 is 2.72 bits per heavy atom. The number of benzene rings is 1. The van der Waals surface area contributed by atoms with E-state index in [9.17, 15) is 15.0 Å². The van der Waals surface area contributed by atoms with E-state index in [4.69, 9.17) is 11.6 Å². The Morgan fingerprint density at radius 1 is 1.22 bits per heavy atom. The van der Waals surface area contributed by atoms with Crippen molar-refractivity contribution in [3.63, 3.8) is 0 Å². The van der Waals surface area contributed by atoms with Crippen LogP contribution >= 0.6 is 11.6 Å². The van der Waals surface area contributed by atoms with Gasteiger partial charge >= 0.3 is 0 Å². The Labute approximate surface area is 108 Å². The van der Waals surface area contributed by atoms with Crippen LogP contribution in [0.5, 0.6) is 11.5 Å². The fourth-order valence-electron chi connectivity index (χ4n) is 1.38. The van der Waals surface area contributed by atoms with E-state index in [1.54, 1.807) is 6.07 Å². The van der Waals surface area contributed by atoms with Crippen LogP contribution in [0.25, 0.3) is 0 Å². The monoisotopic (exact) mass is 264 g/mol. The van der Waals surface area contributed by atoms with Gasteiger partial charge in [0, 0.05) is 11.9 Å². The number of phenolic OH excluding ortho intramolecular Hbond substituents is 2. The van der Waals surface area contributed by atoms with Crippen molar-refractivity contribution in [2.75, 3.05) is 5.32 Å². The second-order valence-electron chi connectivity index (χ2n) is 3.52. The zero-order valence-electron chi connectivity index (χ0n) is 9.09. The third-order valence-corrected chi connectivity index (χ3v) is 2.42. The smallest absolute Gasteiger partial charge is 0.259 e. The molecule has 0 atom stereocenters. The molecule has 0 fully saturated rings. The number of anilines is 1. The van der Waals surface area contributed by atoms with Gasteiger partial charge in [-0.05, 0) is 30.3 Å². The van der Waals surface area contributed by atoms with Gasteiger partial charge in [0.25, 0.3) is 5.91 Å². The molecule has 0 aliphatic carbocycles. The third-order valence-electron chi connectivity index (χ3n) is 2.21. The van der Waals surface area contributed by atoms with Crippen LogP contribution in [0, 0.1) is 0 Å². The highest BCUT2D eigenvalue weighted by atomic mass is 35.5. The minimum absolute atomic E-state index is 0.0251. The summed E-state index contributed by atoms with van der Waals surface area (Å²) in [6, 6.07) is 6.73. The molecule has 92 valence electrons. The first kappa shape index (κ1) is 12.2. The van der Waals surface area contributed by atoms with E-state index < -0.39 is 5.91 Å². The summed E-state index contributed by atoms with van der Waals surface area (Å²) >= 11 is 5.68.